The minimum atomic E-state index is 0.408. The Balaban J connectivity index is 1.52. The summed E-state index contributed by atoms with van der Waals surface area (Å²) in [5.41, 5.74) is 3.42. The Morgan fingerprint density at radius 1 is 0.778 bits per heavy atom. The number of nitrogens with zero attached hydrogens (tertiary/aromatic N) is 1. The summed E-state index contributed by atoms with van der Waals surface area (Å²) in [6, 6.07) is 23.2. The van der Waals surface area contributed by atoms with Crippen LogP contribution in [0, 0.1) is 5.41 Å². The van der Waals surface area contributed by atoms with Crippen LogP contribution in [0.3, 0.4) is 0 Å². The molecule has 2 fully saturated rings. The SMILES string of the molecule is c1ccc(CC2(Cc3ccccc3)CCCC(N3CCNCC3)CC2)cc1. The number of rotatable bonds is 5. The summed E-state index contributed by atoms with van der Waals surface area (Å²) in [6.07, 6.45) is 9.26. The van der Waals surface area contributed by atoms with Crippen molar-refractivity contribution in [2.45, 2.75) is 51.0 Å². The molecule has 2 aromatic carbocycles. The standard InChI is InChI=1S/C25H34N2/c1-3-8-22(9-4-1)20-25(21-23-10-5-2-6-11-23)14-7-12-24(13-15-25)27-18-16-26-17-19-27/h1-6,8-11,24,26H,7,12-21H2. The highest BCUT2D eigenvalue weighted by atomic mass is 15.2. The van der Waals surface area contributed by atoms with Gasteiger partial charge in [-0.1, -0.05) is 67.1 Å². The maximum Gasteiger partial charge on any atom is 0.0110 e. The Hall–Kier alpha value is -1.64. The third-order valence-corrected chi connectivity index (χ3v) is 6.76. The molecule has 4 rings (SSSR count). The Bertz CT molecular complexity index is 634. The zero-order valence-electron chi connectivity index (χ0n) is 16.6. The second-order valence-corrected chi connectivity index (χ2v) is 8.70. The van der Waals surface area contributed by atoms with Crippen molar-refractivity contribution in [3.8, 4) is 0 Å². The highest BCUT2D eigenvalue weighted by molar-refractivity contribution is 5.21. The molecular weight excluding hydrogens is 328 g/mol. The highest BCUT2D eigenvalue weighted by Crippen LogP contribution is 2.42. The van der Waals surface area contributed by atoms with E-state index in [2.05, 4.69) is 70.9 Å². The first-order valence-corrected chi connectivity index (χ1v) is 10.9. The quantitative estimate of drug-likeness (QED) is 0.776. The molecule has 1 unspecified atom stereocenters. The number of hydrogen-bond acceptors (Lipinski definition) is 2. The van der Waals surface area contributed by atoms with Crippen LogP contribution in [0.4, 0.5) is 0 Å². The Morgan fingerprint density at radius 3 is 1.96 bits per heavy atom. The minimum absolute atomic E-state index is 0.408. The molecule has 2 aliphatic rings. The van der Waals surface area contributed by atoms with Crippen LogP contribution < -0.4 is 5.32 Å². The van der Waals surface area contributed by atoms with Gasteiger partial charge in [0.25, 0.3) is 0 Å². The number of piperazine rings is 1. The normalized spacial score (nSPS) is 23.6. The summed E-state index contributed by atoms with van der Waals surface area (Å²) in [5, 5.41) is 3.51. The fraction of sp³-hybridized carbons (Fsp3) is 0.520. The van der Waals surface area contributed by atoms with Crippen molar-refractivity contribution < 1.29 is 0 Å². The van der Waals surface area contributed by atoms with Crippen LogP contribution in [0.15, 0.2) is 60.7 Å². The number of nitrogens with one attached hydrogen (secondary N) is 1. The van der Waals surface area contributed by atoms with Gasteiger partial charge in [-0.2, -0.15) is 0 Å². The van der Waals surface area contributed by atoms with E-state index in [4.69, 9.17) is 0 Å². The van der Waals surface area contributed by atoms with E-state index in [1.165, 1.54) is 69.2 Å². The van der Waals surface area contributed by atoms with Crippen molar-refractivity contribution in [2.75, 3.05) is 26.2 Å². The molecular formula is C25H34N2. The molecule has 144 valence electrons. The fourth-order valence-electron chi connectivity index (χ4n) is 5.34. The van der Waals surface area contributed by atoms with Gasteiger partial charge in [0.15, 0.2) is 0 Å². The zero-order valence-corrected chi connectivity index (χ0v) is 16.6. The van der Waals surface area contributed by atoms with Gasteiger partial charge >= 0.3 is 0 Å². The predicted molar refractivity (Wildman–Crippen MR) is 114 cm³/mol. The summed E-state index contributed by atoms with van der Waals surface area (Å²) in [7, 11) is 0. The molecule has 0 radical (unpaired) electrons. The van der Waals surface area contributed by atoms with Crippen molar-refractivity contribution in [3.63, 3.8) is 0 Å². The van der Waals surface area contributed by atoms with E-state index in [9.17, 15) is 0 Å². The van der Waals surface area contributed by atoms with E-state index in [0.717, 1.165) is 19.1 Å². The topological polar surface area (TPSA) is 15.3 Å². The molecule has 1 aliphatic carbocycles. The van der Waals surface area contributed by atoms with Crippen molar-refractivity contribution in [3.05, 3.63) is 71.8 Å². The molecule has 27 heavy (non-hydrogen) atoms. The fourth-order valence-corrected chi connectivity index (χ4v) is 5.34. The lowest BCUT2D eigenvalue weighted by Gasteiger charge is -2.36. The van der Waals surface area contributed by atoms with E-state index >= 15 is 0 Å². The zero-order chi connectivity index (χ0) is 18.4. The molecule has 1 atom stereocenters. The largest absolute Gasteiger partial charge is 0.314 e. The van der Waals surface area contributed by atoms with Crippen LogP contribution in [0.1, 0.15) is 43.2 Å². The smallest absolute Gasteiger partial charge is 0.0110 e. The second-order valence-electron chi connectivity index (χ2n) is 8.70. The van der Waals surface area contributed by atoms with Crippen molar-refractivity contribution in [2.24, 2.45) is 5.41 Å². The molecule has 0 aromatic heterocycles. The lowest BCUT2D eigenvalue weighted by atomic mass is 9.71. The molecule has 1 aliphatic heterocycles. The molecule has 1 saturated heterocycles. The van der Waals surface area contributed by atoms with Crippen molar-refractivity contribution >= 4 is 0 Å². The Kier molecular flexibility index (Phi) is 6.26. The van der Waals surface area contributed by atoms with E-state index < -0.39 is 0 Å². The first-order chi connectivity index (χ1) is 13.3. The first kappa shape index (κ1) is 18.7. The van der Waals surface area contributed by atoms with Gasteiger partial charge in [0, 0.05) is 32.2 Å². The Morgan fingerprint density at radius 2 is 1.37 bits per heavy atom. The van der Waals surface area contributed by atoms with Crippen molar-refractivity contribution in [1.29, 1.82) is 0 Å². The molecule has 0 spiro atoms. The summed E-state index contributed by atoms with van der Waals surface area (Å²) in [5.74, 6) is 0. The van der Waals surface area contributed by atoms with Crippen LogP contribution in [0.2, 0.25) is 0 Å². The summed E-state index contributed by atoms with van der Waals surface area (Å²) in [4.78, 5) is 2.76. The second kappa shape index (κ2) is 9.03. The van der Waals surface area contributed by atoms with Crippen LogP contribution in [0.25, 0.3) is 0 Å². The molecule has 1 heterocycles. The molecule has 0 bridgehead atoms. The van der Waals surface area contributed by atoms with Gasteiger partial charge in [-0.25, -0.2) is 0 Å². The van der Waals surface area contributed by atoms with Gasteiger partial charge in [0.2, 0.25) is 0 Å². The third kappa shape index (κ3) is 5.00. The minimum Gasteiger partial charge on any atom is -0.314 e. The Labute approximate surface area is 165 Å². The molecule has 2 nitrogen and oxygen atoms in total. The van der Waals surface area contributed by atoms with Gasteiger partial charge in [-0.15, -0.1) is 0 Å². The molecule has 1 saturated carbocycles. The van der Waals surface area contributed by atoms with Gasteiger partial charge in [0.05, 0.1) is 0 Å². The van der Waals surface area contributed by atoms with E-state index in [1.54, 1.807) is 0 Å². The first-order valence-electron chi connectivity index (χ1n) is 10.9. The molecule has 0 amide bonds. The summed E-state index contributed by atoms with van der Waals surface area (Å²) >= 11 is 0. The van der Waals surface area contributed by atoms with E-state index in [-0.39, 0.29) is 0 Å². The number of benzene rings is 2. The average molecular weight is 363 g/mol. The van der Waals surface area contributed by atoms with E-state index in [0.29, 0.717) is 5.41 Å². The average Bonchev–Trinajstić information content (AvgIpc) is 2.93. The summed E-state index contributed by atoms with van der Waals surface area (Å²) in [6.45, 7) is 4.79. The van der Waals surface area contributed by atoms with Gasteiger partial charge in [0.1, 0.15) is 0 Å². The van der Waals surface area contributed by atoms with Crippen LogP contribution in [0.5, 0.6) is 0 Å². The van der Waals surface area contributed by atoms with Gasteiger partial charge in [-0.05, 0) is 55.1 Å². The van der Waals surface area contributed by atoms with E-state index in [1.807, 2.05) is 0 Å². The van der Waals surface area contributed by atoms with Crippen LogP contribution in [-0.2, 0) is 12.8 Å². The van der Waals surface area contributed by atoms with Crippen molar-refractivity contribution in [1.82, 2.24) is 10.2 Å². The summed E-state index contributed by atoms with van der Waals surface area (Å²) < 4.78 is 0. The lowest BCUT2D eigenvalue weighted by molar-refractivity contribution is 0.151. The van der Waals surface area contributed by atoms with Crippen LogP contribution >= 0.6 is 0 Å². The molecule has 2 aromatic rings. The number of hydrogen-bond donors (Lipinski definition) is 1. The van der Waals surface area contributed by atoms with Gasteiger partial charge < -0.3 is 5.32 Å². The monoisotopic (exact) mass is 362 g/mol. The van der Waals surface area contributed by atoms with Crippen LogP contribution in [-0.4, -0.2) is 37.1 Å². The predicted octanol–water partition coefficient (Wildman–Crippen LogP) is 4.70. The maximum absolute atomic E-state index is 3.51. The highest BCUT2D eigenvalue weighted by Gasteiger charge is 2.35. The molecule has 1 N–H and O–H groups in total. The van der Waals surface area contributed by atoms with Gasteiger partial charge in [-0.3, -0.25) is 4.90 Å². The third-order valence-electron chi connectivity index (χ3n) is 6.76. The lowest BCUT2D eigenvalue weighted by Crippen LogP contribution is -2.48. The molecule has 2 heteroatoms. The maximum atomic E-state index is 3.51.